The maximum absolute atomic E-state index is 5.16. The Morgan fingerprint density at radius 3 is 2.88 bits per heavy atom. The highest BCUT2D eigenvalue weighted by Gasteiger charge is 2.20. The smallest absolute Gasteiger partial charge is 0.223 e. The largest absolute Gasteiger partial charge is 0.383 e. The Kier molecular flexibility index (Phi) is 5.99. The lowest BCUT2D eigenvalue weighted by Gasteiger charge is -2.32. The fourth-order valence-corrected chi connectivity index (χ4v) is 3.22. The lowest BCUT2D eigenvalue weighted by atomic mass is 10.0. The highest BCUT2D eigenvalue weighted by molar-refractivity contribution is 5.62. The molecule has 3 heterocycles. The summed E-state index contributed by atoms with van der Waals surface area (Å²) in [7, 11) is 1.75. The van der Waals surface area contributed by atoms with Crippen LogP contribution in [-0.2, 0) is 4.74 Å². The van der Waals surface area contributed by atoms with Gasteiger partial charge in [0.15, 0.2) is 0 Å². The normalized spacial score (nSPS) is 16.5. The topological polar surface area (TPSA) is 79.0 Å². The minimum Gasteiger partial charge on any atom is -0.383 e. The molecule has 0 bridgehead atoms. The number of nitrogens with one attached hydrogen (secondary N) is 2. The average Bonchev–Trinajstić information content (AvgIpc) is 3.11. The summed E-state index contributed by atoms with van der Waals surface area (Å²) in [5.74, 6) is 1.07. The second kappa shape index (κ2) is 8.40. The van der Waals surface area contributed by atoms with E-state index in [4.69, 9.17) is 9.72 Å². The summed E-state index contributed by atoms with van der Waals surface area (Å²) >= 11 is 0. The minimum absolute atomic E-state index is 0.375. The number of hydrogen-bond donors (Lipinski definition) is 2. The third kappa shape index (κ3) is 4.55. The molecule has 2 aromatic rings. The van der Waals surface area contributed by atoms with Crippen LogP contribution in [0.15, 0.2) is 18.5 Å². The third-order valence-corrected chi connectivity index (χ3v) is 4.71. The monoisotopic (exact) mass is 344 g/mol. The molecule has 0 spiro atoms. The molecule has 0 radical (unpaired) electrons. The second-order valence-corrected chi connectivity index (χ2v) is 6.87. The van der Waals surface area contributed by atoms with Crippen LogP contribution in [0.5, 0.6) is 0 Å². The van der Waals surface area contributed by atoms with Crippen molar-refractivity contribution in [3.8, 4) is 11.3 Å². The Morgan fingerprint density at radius 2 is 2.16 bits per heavy atom. The van der Waals surface area contributed by atoms with E-state index in [9.17, 15) is 0 Å². The van der Waals surface area contributed by atoms with Gasteiger partial charge in [-0.1, -0.05) is 13.8 Å². The van der Waals surface area contributed by atoms with Crippen molar-refractivity contribution in [3.63, 3.8) is 0 Å². The van der Waals surface area contributed by atoms with E-state index in [0.29, 0.717) is 17.9 Å². The highest BCUT2D eigenvalue weighted by Crippen LogP contribution is 2.26. The van der Waals surface area contributed by atoms with Crippen molar-refractivity contribution in [1.29, 1.82) is 0 Å². The summed E-state index contributed by atoms with van der Waals surface area (Å²) in [5, 5.41) is 10.8. The van der Waals surface area contributed by atoms with E-state index in [1.807, 2.05) is 18.5 Å². The Morgan fingerprint density at radius 1 is 1.36 bits per heavy atom. The van der Waals surface area contributed by atoms with Crippen molar-refractivity contribution in [2.75, 3.05) is 38.7 Å². The number of anilines is 1. The molecule has 0 amide bonds. The van der Waals surface area contributed by atoms with Gasteiger partial charge in [-0.2, -0.15) is 5.10 Å². The number of rotatable bonds is 7. The summed E-state index contributed by atoms with van der Waals surface area (Å²) in [5.41, 5.74) is 3.07. The lowest BCUT2D eigenvalue weighted by molar-refractivity contribution is 0.132. The SMILES string of the molecule is COCCN1CCC(Nc2nccc(-c3cn[nH]c3C(C)C)n2)CC1. The predicted octanol–water partition coefficient (Wildman–Crippen LogP) is 2.51. The first kappa shape index (κ1) is 17.8. The summed E-state index contributed by atoms with van der Waals surface area (Å²) in [6, 6.07) is 2.36. The van der Waals surface area contributed by atoms with Crippen molar-refractivity contribution in [1.82, 2.24) is 25.1 Å². The van der Waals surface area contributed by atoms with Gasteiger partial charge in [-0.25, -0.2) is 9.97 Å². The Bertz CT molecular complexity index is 663. The Labute approximate surface area is 149 Å². The average molecular weight is 344 g/mol. The van der Waals surface area contributed by atoms with Gasteiger partial charge in [0.05, 0.1) is 18.5 Å². The van der Waals surface area contributed by atoms with Gasteiger partial charge >= 0.3 is 0 Å². The molecule has 25 heavy (non-hydrogen) atoms. The summed E-state index contributed by atoms with van der Waals surface area (Å²) in [4.78, 5) is 11.5. The number of methoxy groups -OCH3 is 1. The third-order valence-electron chi connectivity index (χ3n) is 4.71. The van der Waals surface area contributed by atoms with Crippen LogP contribution >= 0.6 is 0 Å². The molecule has 0 aromatic carbocycles. The molecular weight excluding hydrogens is 316 g/mol. The molecule has 7 heteroatoms. The molecule has 2 aromatic heterocycles. The molecule has 0 saturated carbocycles. The number of aromatic nitrogens is 4. The van der Waals surface area contributed by atoms with Crippen LogP contribution in [0, 0.1) is 0 Å². The van der Waals surface area contributed by atoms with Gasteiger partial charge in [-0.3, -0.25) is 5.10 Å². The number of hydrogen-bond acceptors (Lipinski definition) is 6. The zero-order valence-electron chi connectivity index (χ0n) is 15.3. The van der Waals surface area contributed by atoms with Gasteiger partial charge in [0, 0.05) is 50.2 Å². The van der Waals surface area contributed by atoms with Crippen LogP contribution < -0.4 is 5.32 Å². The van der Waals surface area contributed by atoms with E-state index >= 15 is 0 Å². The van der Waals surface area contributed by atoms with Crippen molar-refractivity contribution >= 4 is 5.95 Å². The molecule has 0 aliphatic carbocycles. The second-order valence-electron chi connectivity index (χ2n) is 6.87. The number of ether oxygens (including phenoxy) is 1. The number of nitrogens with zero attached hydrogens (tertiary/aromatic N) is 4. The van der Waals surface area contributed by atoms with Crippen LogP contribution in [0.2, 0.25) is 0 Å². The number of H-pyrrole nitrogens is 1. The van der Waals surface area contributed by atoms with Crippen LogP contribution in [0.3, 0.4) is 0 Å². The molecule has 136 valence electrons. The van der Waals surface area contributed by atoms with E-state index in [0.717, 1.165) is 56.0 Å². The molecule has 0 atom stereocenters. The lowest BCUT2D eigenvalue weighted by Crippen LogP contribution is -2.40. The van der Waals surface area contributed by atoms with Gasteiger partial charge in [-0.15, -0.1) is 0 Å². The van der Waals surface area contributed by atoms with E-state index in [2.05, 4.69) is 39.2 Å². The molecule has 3 rings (SSSR count). The van der Waals surface area contributed by atoms with Crippen LogP contribution in [0.4, 0.5) is 5.95 Å². The molecule has 1 saturated heterocycles. The van der Waals surface area contributed by atoms with Crippen molar-refractivity contribution in [2.24, 2.45) is 0 Å². The summed E-state index contributed by atoms with van der Waals surface area (Å²) in [6.07, 6.45) is 5.85. The van der Waals surface area contributed by atoms with Gasteiger partial charge < -0.3 is 15.0 Å². The molecule has 1 fully saturated rings. The molecular formula is C18H28N6O. The quantitative estimate of drug-likeness (QED) is 0.803. The van der Waals surface area contributed by atoms with Crippen molar-refractivity contribution in [3.05, 3.63) is 24.2 Å². The molecule has 2 N–H and O–H groups in total. The molecule has 0 unspecified atom stereocenters. The highest BCUT2D eigenvalue weighted by atomic mass is 16.5. The maximum atomic E-state index is 5.16. The Hall–Kier alpha value is -1.99. The van der Waals surface area contributed by atoms with E-state index in [1.54, 1.807) is 7.11 Å². The maximum Gasteiger partial charge on any atom is 0.223 e. The fraction of sp³-hybridized carbons (Fsp3) is 0.611. The number of likely N-dealkylation sites (tertiary alicyclic amines) is 1. The van der Waals surface area contributed by atoms with Crippen LogP contribution in [0.1, 0.15) is 38.3 Å². The van der Waals surface area contributed by atoms with Crippen molar-refractivity contribution in [2.45, 2.75) is 38.6 Å². The number of piperidine rings is 1. The van der Waals surface area contributed by atoms with Crippen LogP contribution in [0.25, 0.3) is 11.3 Å². The molecule has 1 aliphatic rings. The van der Waals surface area contributed by atoms with Gasteiger partial charge in [-0.05, 0) is 24.8 Å². The number of aromatic amines is 1. The summed E-state index contributed by atoms with van der Waals surface area (Å²) < 4.78 is 5.16. The van der Waals surface area contributed by atoms with Gasteiger partial charge in [0.25, 0.3) is 0 Å². The van der Waals surface area contributed by atoms with E-state index in [1.165, 1.54) is 0 Å². The fourth-order valence-electron chi connectivity index (χ4n) is 3.22. The standard InChI is InChI=1S/C18H28N6O/c1-13(2)17-15(12-20-23-17)16-4-7-19-18(22-16)21-14-5-8-24(9-6-14)10-11-25-3/h4,7,12-14H,5-6,8-11H2,1-3H3,(H,20,23)(H,19,21,22). The van der Waals surface area contributed by atoms with Gasteiger partial charge in [0.2, 0.25) is 5.95 Å². The van der Waals surface area contributed by atoms with Gasteiger partial charge in [0.1, 0.15) is 0 Å². The van der Waals surface area contributed by atoms with Crippen molar-refractivity contribution < 1.29 is 4.74 Å². The van der Waals surface area contributed by atoms with E-state index in [-0.39, 0.29) is 0 Å². The minimum atomic E-state index is 0.375. The predicted molar refractivity (Wildman–Crippen MR) is 98.7 cm³/mol. The Balaban J connectivity index is 1.62. The zero-order valence-corrected chi connectivity index (χ0v) is 15.3. The zero-order chi connectivity index (χ0) is 17.6. The molecule has 7 nitrogen and oxygen atoms in total. The molecule has 1 aliphatic heterocycles. The first-order valence-electron chi connectivity index (χ1n) is 9.02. The first-order valence-corrected chi connectivity index (χ1v) is 9.02. The summed E-state index contributed by atoms with van der Waals surface area (Å²) in [6.45, 7) is 8.27. The first-order chi connectivity index (χ1) is 12.2. The van der Waals surface area contributed by atoms with E-state index < -0.39 is 0 Å². The van der Waals surface area contributed by atoms with Crippen LogP contribution in [-0.4, -0.2) is 64.5 Å².